The van der Waals surface area contributed by atoms with Crippen LogP contribution in [0.5, 0.6) is 0 Å². The molecule has 98 valence electrons. The van der Waals surface area contributed by atoms with Gasteiger partial charge in [0.25, 0.3) is 0 Å². The topological polar surface area (TPSA) is 92.4 Å². The van der Waals surface area contributed by atoms with Crippen molar-refractivity contribution in [2.24, 2.45) is 11.7 Å². The van der Waals surface area contributed by atoms with E-state index in [1.807, 2.05) is 6.26 Å². The third-order valence-electron chi connectivity index (χ3n) is 3.13. The normalized spacial score (nSPS) is 25.5. The Labute approximate surface area is 106 Å². The van der Waals surface area contributed by atoms with Crippen LogP contribution in [0.1, 0.15) is 25.7 Å². The van der Waals surface area contributed by atoms with Gasteiger partial charge in [-0.25, -0.2) is 0 Å². The molecule has 5 nitrogen and oxygen atoms in total. The molecule has 2 unspecified atom stereocenters. The maximum atomic E-state index is 11.7. The fourth-order valence-corrected chi connectivity index (χ4v) is 2.58. The van der Waals surface area contributed by atoms with E-state index in [0.29, 0.717) is 12.8 Å². The van der Waals surface area contributed by atoms with Crippen molar-refractivity contribution in [3.63, 3.8) is 0 Å². The molecule has 4 N–H and O–H groups in total. The smallest absolute Gasteiger partial charge is 0.308 e. The highest BCUT2D eigenvalue weighted by molar-refractivity contribution is 7.98. The number of amides is 1. The number of nitrogens with one attached hydrogen (secondary N) is 1. The van der Waals surface area contributed by atoms with Gasteiger partial charge < -0.3 is 16.2 Å². The molecule has 6 heteroatoms. The first-order valence-electron chi connectivity index (χ1n) is 5.84. The van der Waals surface area contributed by atoms with Gasteiger partial charge in [-0.3, -0.25) is 9.59 Å². The van der Waals surface area contributed by atoms with Crippen molar-refractivity contribution in [3.8, 4) is 0 Å². The molecule has 0 heterocycles. The summed E-state index contributed by atoms with van der Waals surface area (Å²) < 4.78 is 0. The van der Waals surface area contributed by atoms with Gasteiger partial charge >= 0.3 is 5.97 Å². The molecule has 0 bridgehead atoms. The number of rotatable bonds is 6. The van der Waals surface area contributed by atoms with E-state index in [1.165, 1.54) is 0 Å². The van der Waals surface area contributed by atoms with Crippen molar-refractivity contribution in [3.05, 3.63) is 0 Å². The third kappa shape index (κ3) is 4.20. The summed E-state index contributed by atoms with van der Waals surface area (Å²) in [7, 11) is 0. The summed E-state index contributed by atoms with van der Waals surface area (Å²) in [6, 6.07) is -0.780. The zero-order chi connectivity index (χ0) is 12.8. The number of carboxylic acids is 1. The third-order valence-corrected chi connectivity index (χ3v) is 3.77. The highest BCUT2D eigenvalue weighted by atomic mass is 32.2. The summed E-state index contributed by atoms with van der Waals surface area (Å²) in [4.78, 5) is 22.7. The van der Waals surface area contributed by atoms with E-state index in [0.717, 1.165) is 18.6 Å². The molecule has 0 radical (unpaired) electrons. The van der Waals surface area contributed by atoms with Crippen LogP contribution in [0.3, 0.4) is 0 Å². The Morgan fingerprint density at radius 3 is 2.82 bits per heavy atom. The van der Waals surface area contributed by atoms with Gasteiger partial charge in [-0.2, -0.15) is 11.8 Å². The lowest BCUT2D eigenvalue weighted by Gasteiger charge is -2.20. The molecular weight excluding hydrogens is 240 g/mol. The highest BCUT2D eigenvalue weighted by Crippen LogP contribution is 2.25. The van der Waals surface area contributed by atoms with Gasteiger partial charge in [-0.1, -0.05) is 6.42 Å². The second kappa shape index (κ2) is 6.86. The van der Waals surface area contributed by atoms with Gasteiger partial charge in [-0.05, 0) is 31.3 Å². The monoisotopic (exact) mass is 260 g/mol. The van der Waals surface area contributed by atoms with Gasteiger partial charge in [0.1, 0.15) is 0 Å². The lowest BCUT2D eigenvalue weighted by molar-refractivity contribution is -0.142. The van der Waals surface area contributed by atoms with Gasteiger partial charge in [0.05, 0.1) is 12.0 Å². The quantitative estimate of drug-likeness (QED) is 0.644. The van der Waals surface area contributed by atoms with Crippen molar-refractivity contribution < 1.29 is 14.7 Å². The van der Waals surface area contributed by atoms with Crippen LogP contribution in [0.4, 0.5) is 0 Å². The molecule has 1 fully saturated rings. The Morgan fingerprint density at radius 2 is 2.24 bits per heavy atom. The van der Waals surface area contributed by atoms with Crippen molar-refractivity contribution >= 4 is 23.6 Å². The van der Waals surface area contributed by atoms with Crippen LogP contribution in [-0.2, 0) is 9.59 Å². The van der Waals surface area contributed by atoms with Crippen molar-refractivity contribution in [1.29, 1.82) is 0 Å². The average molecular weight is 260 g/mol. The van der Waals surface area contributed by atoms with Crippen LogP contribution in [-0.4, -0.2) is 41.1 Å². The lowest BCUT2D eigenvalue weighted by Crippen LogP contribution is -2.48. The predicted octanol–water partition coefficient (Wildman–Crippen LogP) is 0.436. The molecule has 0 aliphatic heterocycles. The Balaban J connectivity index is 2.42. The lowest BCUT2D eigenvalue weighted by atomic mass is 10.0. The van der Waals surface area contributed by atoms with Gasteiger partial charge in [0.15, 0.2) is 0 Å². The maximum Gasteiger partial charge on any atom is 0.308 e. The zero-order valence-corrected chi connectivity index (χ0v) is 10.8. The van der Waals surface area contributed by atoms with Gasteiger partial charge in [0, 0.05) is 6.04 Å². The molecular formula is C11H20N2O3S. The summed E-state index contributed by atoms with van der Waals surface area (Å²) in [5, 5.41) is 11.8. The number of nitrogens with two attached hydrogens (primary N) is 1. The van der Waals surface area contributed by atoms with E-state index >= 15 is 0 Å². The Bertz CT molecular complexity index is 286. The molecule has 0 spiro atoms. The van der Waals surface area contributed by atoms with Gasteiger partial charge in [0.2, 0.25) is 5.91 Å². The molecule has 0 aromatic carbocycles. The number of carbonyl (C=O) groups excluding carboxylic acids is 1. The molecule has 0 saturated heterocycles. The molecule has 1 rings (SSSR count). The average Bonchev–Trinajstić information content (AvgIpc) is 2.73. The first-order chi connectivity index (χ1) is 8.06. The zero-order valence-electron chi connectivity index (χ0n) is 10.0. The maximum absolute atomic E-state index is 11.7. The number of thioether (sulfide) groups is 1. The van der Waals surface area contributed by atoms with Crippen LogP contribution in [0.15, 0.2) is 0 Å². The number of hydrogen-bond donors (Lipinski definition) is 3. The van der Waals surface area contributed by atoms with E-state index < -0.39 is 17.9 Å². The Hall–Kier alpha value is -0.750. The molecule has 3 atom stereocenters. The molecule has 1 saturated carbocycles. The SMILES string of the molecule is CSCC[C@H](N)C(=O)NC1CCCC1C(=O)O. The van der Waals surface area contributed by atoms with E-state index in [-0.39, 0.29) is 11.9 Å². The predicted molar refractivity (Wildman–Crippen MR) is 67.9 cm³/mol. The largest absolute Gasteiger partial charge is 0.481 e. The van der Waals surface area contributed by atoms with Gasteiger partial charge in [-0.15, -0.1) is 0 Å². The van der Waals surface area contributed by atoms with E-state index in [2.05, 4.69) is 5.32 Å². The fraction of sp³-hybridized carbons (Fsp3) is 0.818. The van der Waals surface area contributed by atoms with Crippen molar-refractivity contribution in [2.75, 3.05) is 12.0 Å². The van der Waals surface area contributed by atoms with Crippen molar-refractivity contribution in [1.82, 2.24) is 5.32 Å². The summed E-state index contributed by atoms with van der Waals surface area (Å²) >= 11 is 1.64. The highest BCUT2D eigenvalue weighted by Gasteiger charge is 2.34. The first kappa shape index (κ1) is 14.3. The Morgan fingerprint density at radius 1 is 1.53 bits per heavy atom. The first-order valence-corrected chi connectivity index (χ1v) is 7.23. The number of carboxylic acid groups (broad SMARTS) is 1. The Kier molecular flexibility index (Phi) is 5.77. The van der Waals surface area contributed by atoms with Crippen molar-refractivity contribution in [2.45, 2.75) is 37.8 Å². The molecule has 0 aromatic rings. The van der Waals surface area contributed by atoms with Crippen LogP contribution in [0, 0.1) is 5.92 Å². The minimum atomic E-state index is -0.828. The minimum absolute atomic E-state index is 0.225. The second-order valence-electron chi connectivity index (χ2n) is 4.38. The van der Waals surface area contributed by atoms with E-state index in [9.17, 15) is 9.59 Å². The summed E-state index contributed by atoms with van der Waals surface area (Å²) in [6.07, 6.45) is 4.81. The molecule has 1 aliphatic carbocycles. The summed E-state index contributed by atoms with van der Waals surface area (Å²) in [5.74, 6) is -0.670. The number of carbonyl (C=O) groups is 2. The fourth-order valence-electron chi connectivity index (χ4n) is 2.09. The summed E-state index contributed by atoms with van der Waals surface area (Å²) in [6.45, 7) is 0. The van der Waals surface area contributed by atoms with Crippen LogP contribution in [0.25, 0.3) is 0 Å². The van der Waals surface area contributed by atoms with Crippen LogP contribution >= 0.6 is 11.8 Å². The van der Waals surface area contributed by atoms with Crippen LogP contribution < -0.4 is 11.1 Å². The van der Waals surface area contributed by atoms with Crippen LogP contribution in [0.2, 0.25) is 0 Å². The molecule has 1 aliphatic rings. The number of hydrogen-bond acceptors (Lipinski definition) is 4. The minimum Gasteiger partial charge on any atom is -0.481 e. The molecule has 0 aromatic heterocycles. The molecule has 17 heavy (non-hydrogen) atoms. The second-order valence-corrected chi connectivity index (χ2v) is 5.36. The van der Waals surface area contributed by atoms with E-state index in [4.69, 9.17) is 10.8 Å². The number of aliphatic carboxylic acids is 1. The standard InChI is InChI=1S/C11H20N2O3S/c1-17-6-5-8(12)10(14)13-9-4-2-3-7(9)11(15)16/h7-9H,2-6,12H2,1H3,(H,13,14)(H,15,16)/t7?,8-,9?/m0/s1. The summed E-state index contributed by atoms with van der Waals surface area (Å²) in [5.41, 5.74) is 5.73. The van der Waals surface area contributed by atoms with E-state index in [1.54, 1.807) is 11.8 Å². The molecule has 1 amide bonds.